The van der Waals surface area contributed by atoms with E-state index < -0.39 is 46.5 Å². The number of ether oxygens (including phenoxy) is 1. The highest BCUT2D eigenvalue weighted by atomic mass is 35.5. The summed E-state index contributed by atoms with van der Waals surface area (Å²) in [4.78, 5) is 55.1. The Morgan fingerprint density at radius 3 is 1.18 bits per heavy atom. The number of nitrogens with zero attached hydrogens (tertiary/aromatic N) is 2. The van der Waals surface area contributed by atoms with Crippen LogP contribution in [0, 0.1) is 0 Å². The monoisotopic (exact) mass is 612 g/mol. The Balaban J connectivity index is 1.53. The molecule has 4 atom stereocenters. The first-order valence-electron chi connectivity index (χ1n) is 12.7. The molecule has 2 aliphatic heterocycles. The van der Waals surface area contributed by atoms with Gasteiger partial charge in [-0.1, -0.05) is 24.3 Å². The minimum absolute atomic E-state index is 0.0426. The Morgan fingerprint density at radius 1 is 0.590 bits per heavy atom. The van der Waals surface area contributed by atoms with Crippen molar-refractivity contribution < 1.29 is 23.9 Å². The van der Waals surface area contributed by atoms with Gasteiger partial charge in [-0.15, -0.1) is 46.4 Å². The highest BCUT2D eigenvalue weighted by Gasteiger charge is 2.42. The van der Waals surface area contributed by atoms with Gasteiger partial charge in [-0.3, -0.25) is 29.0 Å². The summed E-state index contributed by atoms with van der Waals surface area (Å²) in [5.41, 5.74) is 1.30. The van der Waals surface area contributed by atoms with E-state index in [4.69, 9.17) is 51.1 Å². The molecular formula is C28H28Cl4N2O5. The van der Waals surface area contributed by atoms with Gasteiger partial charge in [0.15, 0.2) is 0 Å². The fourth-order valence-corrected chi connectivity index (χ4v) is 6.36. The highest BCUT2D eigenvalue weighted by molar-refractivity contribution is 6.24. The Bertz CT molecular complexity index is 1080. The van der Waals surface area contributed by atoms with Gasteiger partial charge in [-0.2, -0.15) is 0 Å². The van der Waals surface area contributed by atoms with Gasteiger partial charge in [-0.05, 0) is 49.9 Å². The van der Waals surface area contributed by atoms with Crippen LogP contribution in [0.2, 0.25) is 0 Å². The van der Waals surface area contributed by atoms with Gasteiger partial charge >= 0.3 is 0 Å². The summed E-state index contributed by atoms with van der Waals surface area (Å²) < 4.78 is 6.06. The second-order valence-corrected chi connectivity index (χ2v) is 11.5. The van der Waals surface area contributed by atoms with Crippen LogP contribution in [-0.4, -0.2) is 81.2 Å². The van der Waals surface area contributed by atoms with Gasteiger partial charge in [0.05, 0.1) is 47.6 Å². The van der Waals surface area contributed by atoms with Crippen molar-refractivity contribution in [2.45, 2.75) is 48.5 Å². The van der Waals surface area contributed by atoms with Gasteiger partial charge in [0.1, 0.15) is 0 Å². The molecule has 4 rings (SSSR count). The maximum absolute atomic E-state index is 13.2. The largest absolute Gasteiger partial charge is 0.377 e. The summed E-state index contributed by atoms with van der Waals surface area (Å²) in [6.45, 7) is -0.0851. The first-order valence-corrected chi connectivity index (χ1v) is 14.6. The number of halogens is 4. The number of hydrogen-bond acceptors (Lipinski definition) is 5. The number of imide groups is 2. The Morgan fingerprint density at radius 2 is 0.897 bits per heavy atom. The average Bonchev–Trinajstić information content (AvgIpc) is 3.32. The van der Waals surface area contributed by atoms with Crippen LogP contribution in [0.3, 0.4) is 0 Å². The van der Waals surface area contributed by atoms with E-state index in [9.17, 15) is 19.2 Å². The molecule has 4 unspecified atom stereocenters. The molecule has 2 aromatic rings. The number of hydrogen-bond donors (Lipinski definition) is 0. The second kappa shape index (κ2) is 13.5. The van der Waals surface area contributed by atoms with E-state index in [1.807, 2.05) is 0 Å². The molecule has 2 aliphatic rings. The summed E-state index contributed by atoms with van der Waals surface area (Å²) in [6, 6.07) is 11.9. The number of carbonyl (C=O) groups excluding carboxylic acids is 4. The van der Waals surface area contributed by atoms with Crippen molar-refractivity contribution in [2.24, 2.45) is 0 Å². The molecule has 2 heterocycles. The van der Waals surface area contributed by atoms with Crippen LogP contribution in [-0.2, 0) is 4.74 Å². The smallest absolute Gasteiger partial charge is 0.261 e. The van der Waals surface area contributed by atoms with E-state index in [-0.39, 0.29) is 26.1 Å². The molecule has 208 valence electrons. The van der Waals surface area contributed by atoms with E-state index in [0.717, 1.165) is 0 Å². The maximum Gasteiger partial charge on any atom is 0.261 e. The van der Waals surface area contributed by atoms with Crippen LogP contribution in [0.15, 0.2) is 48.5 Å². The van der Waals surface area contributed by atoms with Crippen LogP contribution >= 0.6 is 46.4 Å². The Hall–Kier alpha value is -2.16. The van der Waals surface area contributed by atoms with E-state index in [2.05, 4.69) is 0 Å². The first kappa shape index (κ1) is 29.8. The van der Waals surface area contributed by atoms with Crippen LogP contribution in [0.25, 0.3) is 0 Å². The standard InChI is InChI=1S/C28H28Cl4N2O5/c29-11-9-17(31)13-19(33-25(35)21-5-1-2-6-22(21)26(33)36)15-39-16-20(14-18(32)10-12-30)34-27(37)23-7-3-4-8-24(23)28(34)38/h1-8,17-20H,9-16H2. The topological polar surface area (TPSA) is 84.0 Å². The average molecular weight is 614 g/mol. The van der Waals surface area contributed by atoms with E-state index in [1.165, 1.54) is 9.80 Å². The fraction of sp³-hybridized carbons (Fsp3) is 0.429. The van der Waals surface area contributed by atoms with Crippen molar-refractivity contribution in [3.05, 3.63) is 70.8 Å². The molecule has 2 aromatic carbocycles. The third-order valence-corrected chi connectivity index (χ3v) is 8.13. The van der Waals surface area contributed by atoms with E-state index in [0.29, 0.717) is 46.9 Å². The molecule has 0 bridgehead atoms. The van der Waals surface area contributed by atoms with Crippen molar-refractivity contribution >= 4 is 70.0 Å². The van der Waals surface area contributed by atoms with Gasteiger partial charge < -0.3 is 4.74 Å². The summed E-state index contributed by atoms with van der Waals surface area (Å²) in [7, 11) is 0. The summed E-state index contributed by atoms with van der Waals surface area (Å²) in [6.07, 6.45) is 1.49. The zero-order valence-electron chi connectivity index (χ0n) is 21.0. The van der Waals surface area contributed by atoms with Crippen molar-refractivity contribution in [3.63, 3.8) is 0 Å². The Labute approximate surface area is 247 Å². The van der Waals surface area contributed by atoms with Crippen LogP contribution in [0.5, 0.6) is 0 Å². The number of amides is 4. The lowest BCUT2D eigenvalue weighted by molar-refractivity contribution is 0.0194. The summed E-state index contributed by atoms with van der Waals surface area (Å²) >= 11 is 24.7. The number of alkyl halides is 4. The van der Waals surface area contributed by atoms with Crippen LogP contribution in [0.4, 0.5) is 0 Å². The lowest BCUT2D eigenvalue weighted by atomic mass is 10.1. The minimum atomic E-state index is -0.680. The predicted molar refractivity (Wildman–Crippen MR) is 151 cm³/mol. The van der Waals surface area contributed by atoms with Gasteiger partial charge in [0, 0.05) is 22.5 Å². The molecule has 4 amide bonds. The zero-order chi connectivity index (χ0) is 28.1. The van der Waals surface area contributed by atoms with Crippen molar-refractivity contribution in [1.29, 1.82) is 0 Å². The van der Waals surface area contributed by atoms with Crippen molar-refractivity contribution in [3.8, 4) is 0 Å². The maximum atomic E-state index is 13.2. The van der Waals surface area contributed by atoms with Gasteiger partial charge in [0.2, 0.25) is 0 Å². The molecule has 0 spiro atoms. The van der Waals surface area contributed by atoms with Crippen molar-refractivity contribution in [2.75, 3.05) is 25.0 Å². The highest BCUT2D eigenvalue weighted by Crippen LogP contribution is 2.30. The molecule has 0 saturated carbocycles. The number of carbonyl (C=O) groups is 4. The molecule has 0 saturated heterocycles. The van der Waals surface area contributed by atoms with Crippen LogP contribution < -0.4 is 0 Å². The normalized spacial score (nSPS) is 17.8. The minimum Gasteiger partial charge on any atom is -0.377 e. The molecular weight excluding hydrogens is 586 g/mol. The quantitative estimate of drug-likeness (QED) is 0.205. The molecule has 0 radical (unpaired) electrons. The molecule has 0 fully saturated rings. The molecule has 39 heavy (non-hydrogen) atoms. The van der Waals surface area contributed by atoms with E-state index >= 15 is 0 Å². The molecule has 0 aliphatic carbocycles. The molecule has 0 aromatic heterocycles. The summed E-state index contributed by atoms with van der Waals surface area (Å²) in [5.74, 6) is -1.03. The third-order valence-electron chi connectivity index (χ3n) is 6.90. The SMILES string of the molecule is O=C1c2ccccc2C(=O)N1C(COCC(CC(Cl)CCCl)N1C(=O)c2ccccc2C1=O)CC(Cl)CCCl. The molecule has 11 heteroatoms. The third kappa shape index (κ3) is 6.44. The molecule has 0 N–H and O–H groups in total. The number of rotatable bonds is 14. The van der Waals surface area contributed by atoms with Gasteiger partial charge in [-0.25, -0.2) is 0 Å². The lowest BCUT2D eigenvalue weighted by Gasteiger charge is -2.31. The van der Waals surface area contributed by atoms with Crippen LogP contribution in [0.1, 0.15) is 67.1 Å². The van der Waals surface area contributed by atoms with Crippen molar-refractivity contribution in [1.82, 2.24) is 9.80 Å². The second-order valence-electron chi connectivity index (χ2n) is 9.52. The van der Waals surface area contributed by atoms with E-state index in [1.54, 1.807) is 48.5 Å². The van der Waals surface area contributed by atoms with Gasteiger partial charge in [0.25, 0.3) is 23.6 Å². The fourth-order valence-electron chi connectivity index (χ4n) is 4.98. The lowest BCUT2D eigenvalue weighted by Crippen LogP contribution is -2.47. The predicted octanol–water partition coefficient (Wildman–Crippen LogP) is 5.59. The number of fused-ring (bicyclic) bond motifs is 2. The first-order chi connectivity index (χ1) is 18.8. The summed E-state index contributed by atoms with van der Waals surface area (Å²) in [5, 5.41) is -0.799. The zero-order valence-corrected chi connectivity index (χ0v) is 24.1. The Kier molecular flexibility index (Phi) is 10.3. The molecule has 7 nitrogen and oxygen atoms in total. The number of benzene rings is 2.